The molecule has 15 heavy (non-hydrogen) atoms. The lowest BCUT2D eigenvalue weighted by molar-refractivity contribution is -0.128. The van der Waals surface area contributed by atoms with E-state index in [1.165, 1.54) is 19.4 Å². The van der Waals surface area contributed by atoms with Crippen LogP contribution in [0.25, 0.3) is 0 Å². The molecule has 0 aliphatic carbocycles. The van der Waals surface area contributed by atoms with Crippen molar-refractivity contribution in [3.63, 3.8) is 0 Å². The summed E-state index contributed by atoms with van der Waals surface area (Å²) in [6.45, 7) is 9.90. The molecular weight excluding hydrogens is 188 g/mol. The Morgan fingerprint density at radius 3 is 2.07 bits per heavy atom. The normalized spacial score (nSPS) is 10.7. The molecule has 0 unspecified atom stereocenters. The second-order valence-electron chi connectivity index (χ2n) is 4.06. The largest absolute Gasteiger partial charge is 0.343 e. The van der Waals surface area contributed by atoms with Gasteiger partial charge in [0.1, 0.15) is 0 Å². The Labute approximate surface area is 94.4 Å². The molecule has 0 saturated carbocycles. The summed E-state index contributed by atoms with van der Waals surface area (Å²) in [6.07, 6.45) is 3.58. The third-order valence-electron chi connectivity index (χ3n) is 2.83. The van der Waals surface area contributed by atoms with Gasteiger partial charge in [-0.1, -0.05) is 13.3 Å². The molecule has 0 aromatic rings. The highest BCUT2D eigenvalue weighted by atomic mass is 16.2. The summed E-state index contributed by atoms with van der Waals surface area (Å²) in [4.78, 5) is 15.3. The average Bonchev–Trinajstić information content (AvgIpc) is 2.22. The van der Waals surface area contributed by atoms with Crippen LogP contribution in [0.2, 0.25) is 0 Å². The Morgan fingerprint density at radius 2 is 1.60 bits per heavy atom. The van der Waals surface area contributed by atoms with E-state index in [4.69, 9.17) is 0 Å². The van der Waals surface area contributed by atoms with Crippen LogP contribution in [0.4, 0.5) is 0 Å². The molecule has 0 radical (unpaired) electrons. The summed E-state index contributed by atoms with van der Waals surface area (Å²) < 4.78 is 0. The first-order valence-electron chi connectivity index (χ1n) is 6.05. The fourth-order valence-corrected chi connectivity index (χ4v) is 1.56. The van der Waals surface area contributed by atoms with Gasteiger partial charge in [-0.3, -0.25) is 4.79 Å². The van der Waals surface area contributed by atoms with E-state index in [-0.39, 0.29) is 5.91 Å². The number of unbranched alkanes of at least 4 members (excludes halogenated alkanes) is 2. The maximum Gasteiger partial charge on any atom is 0.219 e. The molecule has 0 N–H and O–H groups in total. The van der Waals surface area contributed by atoms with Crippen LogP contribution in [-0.4, -0.2) is 48.9 Å². The fraction of sp³-hybridized carbons (Fsp3) is 0.917. The third kappa shape index (κ3) is 7.37. The Hall–Kier alpha value is -0.570. The van der Waals surface area contributed by atoms with Crippen molar-refractivity contribution in [2.24, 2.45) is 0 Å². The Morgan fingerprint density at radius 1 is 1.00 bits per heavy atom. The zero-order valence-corrected chi connectivity index (χ0v) is 10.8. The minimum Gasteiger partial charge on any atom is -0.343 e. The lowest BCUT2D eigenvalue weighted by Gasteiger charge is -2.19. The highest BCUT2D eigenvalue weighted by molar-refractivity contribution is 5.73. The van der Waals surface area contributed by atoms with Crippen LogP contribution in [0.15, 0.2) is 0 Å². The average molecular weight is 214 g/mol. The van der Waals surface area contributed by atoms with Gasteiger partial charge in [0, 0.05) is 20.0 Å². The number of carbonyl (C=O) groups is 1. The topological polar surface area (TPSA) is 23.6 Å². The SMILES string of the molecule is CCN(C)CCCCCN(CC)C(C)=O. The number of hydrogen-bond donors (Lipinski definition) is 0. The first kappa shape index (κ1) is 14.4. The van der Waals surface area contributed by atoms with E-state index in [1.54, 1.807) is 6.92 Å². The molecule has 0 spiro atoms. The van der Waals surface area contributed by atoms with Gasteiger partial charge in [0.05, 0.1) is 0 Å². The lowest BCUT2D eigenvalue weighted by Crippen LogP contribution is -2.29. The maximum absolute atomic E-state index is 11.1. The van der Waals surface area contributed by atoms with Gasteiger partial charge in [0.15, 0.2) is 0 Å². The summed E-state index contributed by atoms with van der Waals surface area (Å²) >= 11 is 0. The number of carbonyl (C=O) groups excluding carboxylic acids is 1. The highest BCUT2D eigenvalue weighted by Gasteiger charge is 2.04. The van der Waals surface area contributed by atoms with Gasteiger partial charge in [-0.2, -0.15) is 0 Å². The van der Waals surface area contributed by atoms with Crippen molar-refractivity contribution in [3.8, 4) is 0 Å². The zero-order chi connectivity index (χ0) is 11.7. The Kier molecular flexibility index (Phi) is 8.38. The van der Waals surface area contributed by atoms with Gasteiger partial charge in [-0.15, -0.1) is 0 Å². The molecular formula is C12H26N2O. The quantitative estimate of drug-likeness (QED) is 0.577. The van der Waals surface area contributed by atoms with Crippen LogP contribution in [0.3, 0.4) is 0 Å². The summed E-state index contributed by atoms with van der Waals surface area (Å²) in [5, 5.41) is 0. The van der Waals surface area contributed by atoms with Gasteiger partial charge in [0.25, 0.3) is 0 Å². The second kappa shape index (κ2) is 8.72. The number of rotatable bonds is 8. The fourth-order valence-electron chi connectivity index (χ4n) is 1.56. The summed E-state index contributed by atoms with van der Waals surface area (Å²) in [6, 6.07) is 0. The Balaban J connectivity index is 3.41. The van der Waals surface area contributed by atoms with Gasteiger partial charge < -0.3 is 9.80 Å². The maximum atomic E-state index is 11.1. The third-order valence-corrected chi connectivity index (χ3v) is 2.83. The molecule has 3 nitrogen and oxygen atoms in total. The minimum absolute atomic E-state index is 0.197. The number of nitrogens with zero attached hydrogens (tertiary/aromatic N) is 2. The first-order valence-corrected chi connectivity index (χ1v) is 6.05. The Bertz CT molecular complexity index is 171. The summed E-state index contributed by atoms with van der Waals surface area (Å²) in [5.74, 6) is 0.197. The van der Waals surface area contributed by atoms with Crippen molar-refractivity contribution >= 4 is 5.91 Å². The van der Waals surface area contributed by atoms with E-state index < -0.39 is 0 Å². The van der Waals surface area contributed by atoms with Crippen LogP contribution in [0, 0.1) is 0 Å². The molecule has 90 valence electrons. The van der Waals surface area contributed by atoms with Crippen LogP contribution in [-0.2, 0) is 4.79 Å². The second-order valence-corrected chi connectivity index (χ2v) is 4.06. The van der Waals surface area contributed by atoms with E-state index in [0.717, 1.165) is 26.1 Å². The molecule has 0 aliphatic rings. The molecule has 0 fully saturated rings. The van der Waals surface area contributed by atoms with Gasteiger partial charge >= 0.3 is 0 Å². The predicted octanol–water partition coefficient (Wildman–Crippen LogP) is 1.98. The van der Waals surface area contributed by atoms with E-state index in [9.17, 15) is 4.79 Å². The van der Waals surface area contributed by atoms with E-state index in [0.29, 0.717) is 0 Å². The van der Waals surface area contributed by atoms with Crippen molar-refractivity contribution in [2.45, 2.75) is 40.0 Å². The number of amides is 1. The van der Waals surface area contributed by atoms with E-state index in [1.807, 2.05) is 11.8 Å². The van der Waals surface area contributed by atoms with Crippen LogP contribution >= 0.6 is 0 Å². The molecule has 0 bridgehead atoms. The molecule has 3 heteroatoms. The molecule has 1 amide bonds. The minimum atomic E-state index is 0.197. The van der Waals surface area contributed by atoms with E-state index in [2.05, 4.69) is 18.9 Å². The molecule has 0 aliphatic heterocycles. The molecule has 0 heterocycles. The molecule has 0 saturated heterocycles. The van der Waals surface area contributed by atoms with Gasteiger partial charge in [-0.25, -0.2) is 0 Å². The van der Waals surface area contributed by atoms with Crippen molar-refractivity contribution in [1.82, 2.24) is 9.80 Å². The number of hydrogen-bond acceptors (Lipinski definition) is 2. The van der Waals surface area contributed by atoms with Crippen molar-refractivity contribution < 1.29 is 4.79 Å². The van der Waals surface area contributed by atoms with Gasteiger partial charge in [0.2, 0.25) is 5.91 Å². The first-order chi connectivity index (χ1) is 7.11. The smallest absolute Gasteiger partial charge is 0.219 e. The van der Waals surface area contributed by atoms with Crippen LogP contribution in [0.5, 0.6) is 0 Å². The van der Waals surface area contributed by atoms with Crippen molar-refractivity contribution in [2.75, 3.05) is 33.2 Å². The van der Waals surface area contributed by atoms with Crippen molar-refractivity contribution in [1.29, 1.82) is 0 Å². The standard InChI is InChI=1S/C12H26N2O/c1-5-13(4)10-8-7-9-11-14(6-2)12(3)15/h5-11H2,1-4H3. The highest BCUT2D eigenvalue weighted by Crippen LogP contribution is 2.00. The lowest BCUT2D eigenvalue weighted by atomic mass is 10.2. The molecule has 0 aromatic heterocycles. The molecule has 0 rings (SSSR count). The van der Waals surface area contributed by atoms with Crippen LogP contribution < -0.4 is 0 Å². The van der Waals surface area contributed by atoms with Crippen LogP contribution in [0.1, 0.15) is 40.0 Å². The predicted molar refractivity (Wildman–Crippen MR) is 65.0 cm³/mol. The van der Waals surface area contributed by atoms with E-state index >= 15 is 0 Å². The monoisotopic (exact) mass is 214 g/mol. The molecule has 0 aromatic carbocycles. The molecule has 0 atom stereocenters. The zero-order valence-electron chi connectivity index (χ0n) is 10.8. The van der Waals surface area contributed by atoms with Gasteiger partial charge in [-0.05, 0) is 39.9 Å². The summed E-state index contributed by atoms with van der Waals surface area (Å²) in [5.41, 5.74) is 0. The van der Waals surface area contributed by atoms with Crippen molar-refractivity contribution in [3.05, 3.63) is 0 Å². The summed E-state index contributed by atoms with van der Waals surface area (Å²) in [7, 11) is 2.15.